The SMILES string of the molecule is CCCCCCCCCCC1CCC(C2CCC(CC(F)F)CC2)CC1. The van der Waals surface area contributed by atoms with Crippen LogP contribution in [-0.4, -0.2) is 6.43 Å². The number of rotatable bonds is 12. The van der Waals surface area contributed by atoms with Crippen molar-refractivity contribution in [3.63, 3.8) is 0 Å². The lowest BCUT2D eigenvalue weighted by atomic mass is 9.68. The summed E-state index contributed by atoms with van der Waals surface area (Å²) in [4.78, 5) is 0. The van der Waals surface area contributed by atoms with Crippen molar-refractivity contribution in [2.45, 2.75) is 129 Å². The molecule has 0 spiro atoms. The third-order valence-electron chi connectivity index (χ3n) is 7.43. The number of unbranched alkanes of at least 4 members (excludes halogenated alkanes) is 7. The molecule has 0 saturated heterocycles. The Kier molecular flexibility index (Phi) is 11.2. The van der Waals surface area contributed by atoms with Crippen LogP contribution in [0.5, 0.6) is 0 Å². The van der Waals surface area contributed by atoms with Crippen LogP contribution < -0.4 is 0 Å². The van der Waals surface area contributed by atoms with E-state index in [-0.39, 0.29) is 6.42 Å². The highest BCUT2D eigenvalue weighted by Gasteiger charge is 2.31. The van der Waals surface area contributed by atoms with Gasteiger partial charge in [0.25, 0.3) is 0 Å². The molecule has 0 amide bonds. The molecular weight excluding hydrogens is 326 g/mol. The standard InChI is InChI=1S/C24H44F2/c1-2-3-4-5-6-7-8-9-10-20-11-15-22(16-12-20)23-17-13-21(14-18-23)19-24(25)26/h20-24H,2-19H2,1H3. The largest absolute Gasteiger partial charge is 0.238 e. The van der Waals surface area contributed by atoms with Crippen LogP contribution in [-0.2, 0) is 0 Å². The van der Waals surface area contributed by atoms with E-state index in [2.05, 4.69) is 6.92 Å². The maximum Gasteiger partial charge on any atom is 0.238 e. The van der Waals surface area contributed by atoms with Crippen molar-refractivity contribution in [1.82, 2.24) is 0 Å². The predicted octanol–water partition coefficient (Wildman–Crippen LogP) is 8.79. The lowest BCUT2D eigenvalue weighted by molar-refractivity contribution is 0.0832. The molecule has 154 valence electrons. The summed E-state index contributed by atoms with van der Waals surface area (Å²) in [5.41, 5.74) is 0. The second-order valence-electron chi connectivity index (χ2n) is 9.45. The van der Waals surface area contributed by atoms with Crippen molar-refractivity contribution in [2.75, 3.05) is 0 Å². The van der Waals surface area contributed by atoms with E-state index in [0.29, 0.717) is 5.92 Å². The molecule has 0 N–H and O–H groups in total. The summed E-state index contributed by atoms with van der Waals surface area (Å²) < 4.78 is 25.1. The summed E-state index contributed by atoms with van der Waals surface area (Å²) in [6.07, 6.45) is 21.2. The molecule has 0 aromatic rings. The van der Waals surface area contributed by atoms with Crippen LogP contribution >= 0.6 is 0 Å². The van der Waals surface area contributed by atoms with E-state index in [9.17, 15) is 8.78 Å². The zero-order chi connectivity index (χ0) is 18.6. The lowest BCUT2D eigenvalue weighted by Gasteiger charge is -2.38. The molecule has 0 heterocycles. The van der Waals surface area contributed by atoms with E-state index >= 15 is 0 Å². The summed E-state index contributed by atoms with van der Waals surface area (Å²) >= 11 is 0. The molecular formula is C24H44F2. The quantitative estimate of drug-likeness (QED) is 0.301. The van der Waals surface area contributed by atoms with Crippen LogP contribution in [0, 0.1) is 23.7 Å². The van der Waals surface area contributed by atoms with Gasteiger partial charge in [-0.15, -0.1) is 0 Å². The van der Waals surface area contributed by atoms with Gasteiger partial charge < -0.3 is 0 Å². The van der Waals surface area contributed by atoms with Crippen molar-refractivity contribution < 1.29 is 8.78 Å². The van der Waals surface area contributed by atoms with Gasteiger partial charge in [0.05, 0.1) is 0 Å². The van der Waals surface area contributed by atoms with Crippen molar-refractivity contribution in [3.05, 3.63) is 0 Å². The third-order valence-corrected chi connectivity index (χ3v) is 7.43. The Bertz CT molecular complexity index is 325. The first kappa shape index (κ1) is 22.2. The summed E-state index contributed by atoms with van der Waals surface area (Å²) in [5.74, 6) is 3.07. The fourth-order valence-corrected chi connectivity index (χ4v) is 5.66. The van der Waals surface area contributed by atoms with Gasteiger partial charge in [-0.2, -0.15) is 0 Å². The second kappa shape index (κ2) is 13.1. The Labute approximate surface area is 161 Å². The number of alkyl halides is 2. The van der Waals surface area contributed by atoms with Gasteiger partial charge in [0.2, 0.25) is 6.43 Å². The maximum absolute atomic E-state index is 12.5. The van der Waals surface area contributed by atoms with E-state index in [1.165, 1.54) is 96.3 Å². The fraction of sp³-hybridized carbons (Fsp3) is 1.00. The van der Waals surface area contributed by atoms with Crippen LogP contribution in [0.15, 0.2) is 0 Å². The number of hydrogen-bond acceptors (Lipinski definition) is 0. The molecule has 0 radical (unpaired) electrons. The first-order valence-electron chi connectivity index (χ1n) is 12.0. The zero-order valence-corrected chi connectivity index (χ0v) is 17.4. The van der Waals surface area contributed by atoms with Gasteiger partial charge in [0.15, 0.2) is 0 Å². The monoisotopic (exact) mass is 370 g/mol. The third kappa shape index (κ3) is 8.70. The molecule has 2 aliphatic carbocycles. The van der Waals surface area contributed by atoms with Gasteiger partial charge >= 0.3 is 0 Å². The molecule has 26 heavy (non-hydrogen) atoms. The molecule has 0 aliphatic heterocycles. The van der Waals surface area contributed by atoms with Gasteiger partial charge in [-0.25, -0.2) is 8.78 Å². The van der Waals surface area contributed by atoms with Crippen LogP contribution in [0.2, 0.25) is 0 Å². The fourth-order valence-electron chi connectivity index (χ4n) is 5.66. The van der Waals surface area contributed by atoms with Crippen LogP contribution in [0.3, 0.4) is 0 Å². The van der Waals surface area contributed by atoms with Gasteiger partial charge in [-0.05, 0) is 62.2 Å². The van der Waals surface area contributed by atoms with E-state index < -0.39 is 6.43 Å². The average molecular weight is 371 g/mol. The Morgan fingerprint density at radius 3 is 1.58 bits per heavy atom. The summed E-state index contributed by atoms with van der Waals surface area (Å²) in [7, 11) is 0. The van der Waals surface area contributed by atoms with Gasteiger partial charge in [0, 0.05) is 6.42 Å². The number of hydrogen-bond donors (Lipinski definition) is 0. The van der Waals surface area contributed by atoms with E-state index in [4.69, 9.17) is 0 Å². The first-order valence-corrected chi connectivity index (χ1v) is 12.0. The maximum atomic E-state index is 12.5. The minimum atomic E-state index is -2.09. The minimum absolute atomic E-state index is 0.151. The van der Waals surface area contributed by atoms with Crippen LogP contribution in [0.1, 0.15) is 122 Å². The highest BCUT2D eigenvalue weighted by molar-refractivity contribution is 4.82. The molecule has 0 unspecified atom stereocenters. The normalized spacial score (nSPS) is 30.0. The van der Waals surface area contributed by atoms with Crippen LogP contribution in [0.25, 0.3) is 0 Å². The molecule has 2 rings (SSSR count). The summed E-state index contributed by atoms with van der Waals surface area (Å²) in [6, 6.07) is 0. The van der Waals surface area contributed by atoms with Gasteiger partial charge in [-0.1, -0.05) is 77.6 Å². The predicted molar refractivity (Wildman–Crippen MR) is 109 cm³/mol. The Morgan fingerprint density at radius 1 is 0.615 bits per heavy atom. The van der Waals surface area contributed by atoms with E-state index in [0.717, 1.165) is 30.6 Å². The highest BCUT2D eigenvalue weighted by Crippen LogP contribution is 2.43. The molecule has 2 heteroatoms. The topological polar surface area (TPSA) is 0 Å². The van der Waals surface area contributed by atoms with Gasteiger partial charge in [0.1, 0.15) is 0 Å². The Hall–Kier alpha value is -0.140. The van der Waals surface area contributed by atoms with Crippen molar-refractivity contribution >= 4 is 0 Å². The zero-order valence-electron chi connectivity index (χ0n) is 17.4. The molecule has 0 nitrogen and oxygen atoms in total. The lowest BCUT2D eigenvalue weighted by Crippen LogP contribution is -2.26. The van der Waals surface area contributed by atoms with Crippen molar-refractivity contribution in [3.8, 4) is 0 Å². The molecule has 2 fully saturated rings. The smallest absolute Gasteiger partial charge is 0.211 e. The molecule has 2 aliphatic rings. The Balaban J connectivity index is 1.48. The van der Waals surface area contributed by atoms with Crippen molar-refractivity contribution in [2.24, 2.45) is 23.7 Å². The molecule has 0 bridgehead atoms. The molecule has 0 aromatic heterocycles. The van der Waals surface area contributed by atoms with E-state index in [1.54, 1.807) is 0 Å². The molecule has 2 saturated carbocycles. The summed E-state index contributed by atoms with van der Waals surface area (Å²) in [6.45, 7) is 2.28. The Morgan fingerprint density at radius 2 is 1.08 bits per heavy atom. The van der Waals surface area contributed by atoms with Crippen molar-refractivity contribution in [1.29, 1.82) is 0 Å². The average Bonchev–Trinajstić information content (AvgIpc) is 2.65. The van der Waals surface area contributed by atoms with Gasteiger partial charge in [-0.3, -0.25) is 0 Å². The highest BCUT2D eigenvalue weighted by atomic mass is 19.3. The van der Waals surface area contributed by atoms with Crippen LogP contribution in [0.4, 0.5) is 8.78 Å². The molecule has 0 aromatic carbocycles. The minimum Gasteiger partial charge on any atom is -0.211 e. The molecule has 0 atom stereocenters. The first-order chi connectivity index (χ1) is 12.7. The summed E-state index contributed by atoms with van der Waals surface area (Å²) in [5, 5.41) is 0. The second-order valence-corrected chi connectivity index (χ2v) is 9.45. The van der Waals surface area contributed by atoms with E-state index in [1.807, 2.05) is 0 Å². The number of halogens is 2.